The Bertz CT molecular complexity index is 341. The third-order valence-electron chi connectivity index (χ3n) is 2.83. The van der Waals surface area contributed by atoms with E-state index in [0.29, 0.717) is 11.8 Å². The van der Waals surface area contributed by atoms with Gasteiger partial charge in [0.2, 0.25) is 0 Å². The largest absolute Gasteiger partial charge is 0.381 e. The van der Waals surface area contributed by atoms with Crippen LogP contribution >= 0.6 is 15.9 Å². The Hall–Kier alpha value is -0.380. The molecular weight excluding hydrogens is 290 g/mol. The van der Waals surface area contributed by atoms with Crippen LogP contribution in [0.3, 0.4) is 0 Å². The molecule has 2 nitrogen and oxygen atoms in total. The molecule has 1 atom stereocenters. The Morgan fingerprint density at radius 1 is 1.33 bits per heavy atom. The summed E-state index contributed by atoms with van der Waals surface area (Å²) in [6.45, 7) is 7.03. The van der Waals surface area contributed by atoms with Crippen molar-refractivity contribution in [3.8, 4) is 0 Å². The molecule has 0 aliphatic heterocycles. The Kier molecular flexibility index (Phi) is 7.56. The van der Waals surface area contributed by atoms with E-state index in [-0.39, 0.29) is 0 Å². The first-order chi connectivity index (χ1) is 8.63. The molecule has 1 aromatic carbocycles. The number of ether oxygens (including phenoxy) is 1. The molecule has 1 aromatic rings. The number of likely N-dealkylation sites (N-methyl/N-ethyl adjacent to an activating group) is 1. The first kappa shape index (κ1) is 15.7. The molecule has 0 amide bonds. The summed E-state index contributed by atoms with van der Waals surface area (Å²) in [5.41, 5.74) is 1.37. The minimum atomic E-state index is 0.514. The highest BCUT2D eigenvalue weighted by atomic mass is 79.9. The van der Waals surface area contributed by atoms with Crippen molar-refractivity contribution in [1.82, 2.24) is 5.32 Å². The van der Waals surface area contributed by atoms with Crippen LogP contribution in [0.4, 0.5) is 0 Å². The predicted molar refractivity (Wildman–Crippen MR) is 81.1 cm³/mol. The molecule has 1 rings (SSSR count). The zero-order valence-electron chi connectivity index (χ0n) is 11.6. The molecule has 0 saturated carbocycles. The molecule has 0 aliphatic carbocycles. The van der Waals surface area contributed by atoms with E-state index in [2.05, 4.69) is 59.4 Å². The lowest BCUT2D eigenvalue weighted by atomic mass is 9.96. The molecule has 0 aromatic heterocycles. The van der Waals surface area contributed by atoms with E-state index < -0.39 is 0 Å². The maximum atomic E-state index is 5.68. The van der Waals surface area contributed by atoms with Crippen LogP contribution in [-0.4, -0.2) is 26.8 Å². The van der Waals surface area contributed by atoms with E-state index in [9.17, 15) is 0 Å². The third-order valence-corrected chi connectivity index (χ3v) is 3.33. The van der Waals surface area contributed by atoms with Gasteiger partial charge in [-0.2, -0.15) is 0 Å². The maximum absolute atomic E-state index is 5.68. The molecule has 0 saturated heterocycles. The minimum Gasteiger partial charge on any atom is -0.381 e. The number of rotatable bonds is 8. The van der Waals surface area contributed by atoms with Gasteiger partial charge in [-0.1, -0.05) is 41.9 Å². The molecule has 0 heterocycles. The number of halogens is 1. The van der Waals surface area contributed by atoms with Crippen LogP contribution in [0.2, 0.25) is 0 Å². The molecule has 0 aliphatic rings. The normalized spacial score (nSPS) is 12.9. The van der Waals surface area contributed by atoms with Crippen LogP contribution in [0.15, 0.2) is 28.7 Å². The summed E-state index contributed by atoms with van der Waals surface area (Å²) in [5, 5.41) is 3.26. The van der Waals surface area contributed by atoms with E-state index in [1.54, 1.807) is 0 Å². The summed E-state index contributed by atoms with van der Waals surface area (Å²) in [5.74, 6) is 1.12. The lowest BCUT2D eigenvalue weighted by molar-refractivity contribution is 0.104. The highest BCUT2D eigenvalue weighted by Gasteiger charge is 2.11. The van der Waals surface area contributed by atoms with Crippen molar-refractivity contribution in [3.05, 3.63) is 34.3 Å². The summed E-state index contributed by atoms with van der Waals surface area (Å²) in [6, 6.07) is 8.55. The number of nitrogens with one attached hydrogen (secondary N) is 1. The van der Waals surface area contributed by atoms with Crippen LogP contribution in [0.5, 0.6) is 0 Å². The third kappa shape index (κ3) is 5.98. The number of hydrogen-bond acceptors (Lipinski definition) is 2. The van der Waals surface area contributed by atoms with Gasteiger partial charge in [-0.15, -0.1) is 0 Å². The Morgan fingerprint density at radius 2 is 2.11 bits per heavy atom. The highest BCUT2D eigenvalue weighted by molar-refractivity contribution is 9.10. The molecule has 3 heteroatoms. The van der Waals surface area contributed by atoms with Gasteiger partial charge < -0.3 is 10.1 Å². The fourth-order valence-corrected chi connectivity index (χ4v) is 2.36. The smallest absolute Gasteiger partial charge is 0.0488 e. The van der Waals surface area contributed by atoms with Gasteiger partial charge in [0, 0.05) is 24.2 Å². The van der Waals surface area contributed by atoms with Crippen LogP contribution in [0.1, 0.15) is 31.7 Å². The average molecular weight is 314 g/mol. The molecule has 0 spiro atoms. The van der Waals surface area contributed by atoms with Crippen LogP contribution in [-0.2, 0) is 4.74 Å². The fraction of sp³-hybridized carbons (Fsp3) is 0.600. The molecule has 0 fully saturated rings. The summed E-state index contributed by atoms with van der Waals surface area (Å²) < 4.78 is 6.83. The van der Waals surface area contributed by atoms with E-state index in [4.69, 9.17) is 4.74 Å². The second-order valence-electron chi connectivity index (χ2n) is 5.07. The molecule has 0 radical (unpaired) electrons. The van der Waals surface area contributed by atoms with Gasteiger partial charge in [0.1, 0.15) is 0 Å². The lowest BCUT2D eigenvalue weighted by Crippen LogP contribution is -2.19. The Labute approximate surface area is 119 Å². The average Bonchev–Trinajstić information content (AvgIpc) is 2.33. The van der Waals surface area contributed by atoms with Crippen molar-refractivity contribution in [2.24, 2.45) is 5.92 Å². The fourth-order valence-electron chi connectivity index (χ4n) is 1.94. The van der Waals surface area contributed by atoms with E-state index in [1.807, 2.05) is 7.05 Å². The molecule has 18 heavy (non-hydrogen) atoms. The molecular formula is C15H24BrNO. The SMILES string of the molecule is CNCC(CCOCC(C)C)c1cccc(Br)c1. The predicted octanol–water partition coefficient (Wildman–Crippen LogP) is 3.81. The summed E-state index contributed by atoms with van der Waals surface area (Å²) in [6.07, 6.45) is 1.06. The van der Waals surface area contributed by atoms with Crippen molar-refractivity contribution < 1.29 is 4.74 Å². The van der Waals surface area contributed by atoms with Crippen LogP contribution in [0, 0.1) is 5.92 Å². The second kappa shape index (κ2) is 8.68. The lowest BCUT2D eigenvalue weighted by Gasteiger charge is -2.18. The van der Waals surface area contributed by atoms with Crippen molar-refractivity contribution in [2.75, 3.05) is 26.8 Å². The molecule has 1 unspecified atom stereocenters. The second-order valence-corrected chi connectivity index (χ2v) is 5.98. The summed E-state index contributed by atoms with van der Waals surface area (Å²) in [4.78, 5) is 0. The minimum absolute atomic E-state index is 0.514. The Morgan fingerprint density at radius 3 is 2.72 bits per heavy atom. The van der Waals surface area contributed by atoms with Crippen molar-refractivity contribution >= 4 is 15.9 Å². The quantitative estimate of drug-likeness (QED) is 0.737. The van der Waals surface area contributed by atoms with Gasteiger partial charge in [0.15, 0.2) is 0 Å². The highest BCUT2D eigenvalue weighted by Crippen LogP contribution is 2.22. The molecule has 0 bridgehead atoms. The van der Waals surface area contributed by atoms with Crippen molar-refractivity contribution in [1.29, 1.82) is 0 Å². The zero-order valence-corrected chi connectivity index (χ0v) is 13.2. The van der Waals surface area contributed by atoms with Gasteiger partial charge in [0.05, 0.1) is 0 Å². The maximum Gasteiger partial charge on any atom is 0.0488 e. The summed E-state index contributed by atoms with van der Waals surface area (Å²) in [7, 11) is 2.00. The van der Waals surface area contributed by atoms with Crippen molar-refractivity contribution in [3.63, 3.8) is 0 Å². The standard InChI is InChI=1S/C15H24BrNO/c1-12(2)11-18-8-7-14(10-17-3)13-5-4-6-15(16)9-13/h4-6,9,12,14,17H,7-8,10-11H2,1-3H3. The van der Waals surface area contributed by atoms with Gasteiger partial charge in [-0.05, 0) is 43.0 Å². The molecule has 1 N–H and O–H groups in total. The van der Waals surface area contributed by atoms with E-state index >= 15 is 0 Å². The van der Waals surface area contributed by atoms with Gasteiger partial charge >= 0.3 is 0 Å². The number of hydrogen-bond donors (Lipinski definition) is 1. The summed E-state index contributed by atoms with van der Waals surface area (Å²) >= 11 is 3.53. The first-order valence-electron chi connectivity index (χ1n) is 6.61. The number of benzene rings is 1. The van der Waals surface area contributed by atoms with E-state index in [0.717, 1.165) is 30.7 Å². The zero-order chi connectivity index (χ0) is 13.4. The van der Waals surface area contributed by atoms with Crippen molar-refractivity contribution in [2.45, 2.75) is 26.2 Å². The molecule has 102 valence electrons. The monoisotopic (exact) mass is 313 g/mol. The van der Waals surface area contributed by atoms with Gasteiger partial charge in [0.25, 0.3) is 0 Å². The topological polar surface area (TPSA) is 21.3 Å². The van der Waals surface area contributed by atoms with Gasteiger partial charge in [-0.25, -0.2) is 0 Å². The first-order valence-corrected chi connectivity index (χ1v) is 7.40. The van der Waals surface area contributed by atoms with Crippen LogP contribution < -0.4 is 5.32 Å². The van der Waals surface area contributed by atoms with E-state index in [1.165, 1.54) is 5.56 Å². The van der Waals surface area contributed by atoms with Crippen LogP contribution in [0.25, 0.3) is 0 Å². The van der Waals surface area contributed by atoms with Gasteiger partial charge in [-0.3, -0.25) is 0 Å². The Balaban J connectivity index is 2.49.